The molecule has 0 aliphatic rings. The topological polar surface area (TPSA) is 75.2 Å². The lowest BCUT2D eigenvalue weighted by Crippen LogP contribution is -2.37. The SMILES string of the molecule is CCN(CC)C(=O)c1ccc(CNC(=NC)NCCCOCCOC)cc1. The number of carbonyl (C=O) groups is 1. The maximum Gasteiger partial charge on any atom is 0.253 e. The summed E-state index contributed by atoms with van der Waals surface area (Å²) in [5, 5.41) is 6.53. The van der Waals surface area contributed by atoms with Crippen LogP contribution in [-0.2, 0) is 16.0 Å². The maximum absolute atomic E-state index is 12.3. The third-order valence-corrected chi connectivity index (χ3v) is 4.12. The second-order valence-corrected chi connectivity index (χ2v) is 5.99. The first-order valence-electron chi connectivity index (χ1n) is 9.55. The van der Waals surface area contributed by atoms with E-state index in [2.05, 4.69) is 15.6 Å². The van der Waals surface area contributed by atoms with Gasteiger partial charge in [-0.25, -0.2) is 0 Å². The molecule has 0 spiro atoms. The first-order valence-corrected chi connectivity index (χ1v) is 9.55. The van der Waals surface area contributed by atoms with Gasteiger partial charge in [-0.3, -0.25) is 9.79 Å². The highest BCUT2D eigenvalue weighted by atomic mass is 16.5. The molecule has 0 heterocycles. The van der Waals surface area contributed by atoms with Crippen molar-refractivity contribution in [1.82, 2.24) is 15.5 Å². The molecule has 2 N–H and O–H groups in total. The summed E-state index contributed by atoms with van der Waals surface area (Å²) < 4.78 is 10.4. The van der Waals surface area contributed by atoms with Crippen molar-refractivity contribution in [2.24, 2.45) is 4.99 Å². The number of rotatable bonds is 12. The Morgan fingerprint density at radius 3 is 2.37 bits per heavy atom. The lowest BCUT2D eigenvalue weighted by atomic mass is 10.1. The van der Waals surface area contributed by atoms with Crippen LogP contribution in [0.4, 0.5) is 0 Å². The van der Waals surface area contributed by atoms with Crippen LogP contribution in [0.25, 0.3) is 0 Å². The summed E-state index contributed by atoms with van der Waals surface area (Å²) in [5.41, 5.74) is 1.82. The molecule has 1 aromatic rings. The number of carbonyl (C=O) groups excluding carboxylic acids is 1. The van der Waals surface area contributed by atoms with E-state index >= 15 is 0 Å². The fourth-order valence-electron chi connectivity index (χ4n) is 2.49. The van der Waals surface area contributed by atoms with E-state index in [0.29, 0.717) is 26.4 Å². The Hall–Kier alpha value is -2.12. The Balaban J connectivity index is 2.35. The Morgan fingerprint density at radius 1 is 1.07 bits per heavy atom. The molecule has 0 saturated heterocycles. The lowest BCUT2D eigenvalue weighted by molar-refractivity contribution is 0.0698. The predicted octanol–water partition coefficient (Wildman–Crippen LogP) is 1.89. The van der Waals surface area contributed by atoms with Gasteiger partial charge in [0.25, 0.3) is 5.91 Å². The zero-order chi connectivity index (χ0) is 19.9. The van der Waals surface area contributed by atoms with Gasteiger partial charge < -0.3 is 25.0 Å². The highest BCUT2D eigenvalue weighted by Crippen LogP contribution is 2.08. The van der Waals surface area contributed by atoms with Crippen molar-refractivity contribution in [3.05, 3.63) is 35.4 Å². The van der Waals surface area contributed by atoms with E-state index in [0.717, 1.165) is 43.1 Å². The molecule has 7 nitrogen and oxygen atoms in total. The molecule has 0 fully saturated rings. The Bertz CT molecular complexity index is 557. The summed E-state index contributed by atoms with van der Waals surface area (Å²) in [6.07, 6.45) is 0.895. The van der Waals surface area contributed by atoms with Crippen LogP contribution >= 0.6 is 0 Å². The van der Waals surface area contributed by atoms with E-state index in [1.807, 2.05) is 43.0 Å². The van der Waals surface area contributed by atoms with Crippen molar-refractivity contribution in [1.29, 1.82) is 0 Å². The molecule has 27 heavy (non-hydrogen) atoms. The van der Waals surface area contributed by atoms with Gasteiger partial charge in [0, 0.05) is 52.5 Å². The molecule has 0 aliphatic carbocycles. The molecule has 0 unspecified atom stereocenters. The first kappa shape index (κ1) is 22.9. The van der Waals surface area contributed by atoms with Crippen LogP contribution in [-0.4, -0.2) is 70.4 Å². The minimum atomic E-state index is 0.0738. The van der Waals surface area contributed by atoms with Crippen LogP contribution in [0.15, 0.2) is 29.3 Å². The van der Waals surface area contributed by atoms with Crippen molar-refractivity contribution in [2.45, 2.75) is 26.8 Å². The number of benzene rings is 1. The fraction of sp³-hybridized carbons (Fsp3) is 0.600. The number of guanidine groups is 1. The van der Waals surface area contributed by atoms with Crippen molar-refractivity contribution in [3.63, 3.8) is 0 Å². The zero-order valence-corrected chi connectivity index (χ0v) is 17.1. The van der Waals surface area contributed by atoms with E-state index in [9.17, 15) is 4.79 Å². The molecule has 0 aliphatic heterocycles. The number of ether oxygens (including phenoxy) is 2. The Kier molecular flexibility index (Phi) is 11.9. The molecule has 1 amide bonds. The minimum absolute atomic E-state index is 0.0738. The molecule has 7 heteroatoms. The van der Waals surface area contributed by atoms with E-state index in [-0.39, 0.29) is 5.91 Å². The smallest absolute Gasteiger partial charge is 0.253 e. The molecule has 152 valence electrons. The molecule has 1 rings (SSSR count). The highest BCUT2D eigenvalue weighted by Gasteiger charge is 2.11. The van der Waals surface area contributed by atoms with Crippen molar-refractivity contribution in [2.75, 3.05) is 53.6 Å². The third kappa shape index (κ3) is 8.88. The summed E-state index contributed by atoms with van der Waals surface area (Å²) in [5.74, 6) is 0.819. The number of hydrogen-bond acceptors (Lipinski definition) is 4. The predicted molar refractivity (Wildman–Crippen MR) is 109 cm³/mol. The van der Waals surface area contributed by atoms with Crippen molar-refractivity contribution in [3.8, 4) is 0 Å². The van der Waals surface area contributed by atoms with Gasteiger partial charge in [-0.15, -0.1) is 0 Å². The monoisotopic (exact) mass is 378 g/mol. The van der Waals surface area contributed by atoms with Crippen LogP contribution in [0, 0.1) is 0 Å². The van der Waals surface area contributed by atoms with Gasteiger partial charge in [-0.1, -0.05) is 12.1 Å². The molecular weight excluding hydrogens is 344 g/mol. The summed E-state index contributed by atoms with van der Waals surface area (Å²) >= 11 is 0. The van der Waals surface area contributed by atoms with Gasteiger partial charge in [-0.2, -0.15) is 0 Å². The average Bonchev–Trinajstić information content (AvgIpc) is 2.70. The van der Waals surface area contributed by atoms with Gasteiger partial charge in [0.1, 0.15) is 0 Å². The quantitative estimate of drug-likeness (QED) is 0.330. The van der Waals surface area contributed by atoms with Crippen LogP contribution < -0.4 is 10.6 Å². The summed E-state index contributed by atoms with van der Waals surface area (Å²) in [7, 11) is 3.41. The van der Waals surface area contributed by atoms with Gasteiger partial charge in [0.2, 0.25) is 0 Å². The maximum atomic E-state index is 12.3. The normalized spacial score (nSPS) is 11.3. The second-order valence-electron chi connectivity index (χ2n) is 5.99. The van der Waals surface area contributed by atoms with Crippen LogP contribution in [0.1, 0.15) is 36.2 Å². The largest absolute Gasteiger partial charge is 0.382 e. The lowest BCUT2D eigenvalue weighted by Gasteiger charge is -2.18. The molecule has 0 saturated carbocycles. The molecule has 0 bridgehead atoms. The Labute approximate surface area is 163 Å². The summed E-state index contributed by atoms with van der Waals surface area (Å²) in [6, 6.07) is 7.71. The highest BCUT2D eigenvalue weighted by molar-refractivity contribution is 5.94. The number of hydrogen-bond donors (Lipinski definition) is 2. The molecule has 1 aromatic carbocycles. The van der Waals surface area contributed by atoms with E-state index in [1.54, 1.807) is 14.2 Å². The van der Waals surface area contributed by atoms with Gasteiger partial charge in [-0.05, 0) is 38.0 Å². The van der Waals surface area contributed by atoms with Crippen LogP contribution in [0.2, 0.25) is 0 Å². The number of amides is 1. The average molecular weight is 379 g/mol. The molecular formula is C20H34N4O3. The number of nitrogens with zero attached hydrogens (tertiary/aromatic N) is 2. The first-order chi connectivity index (χ1) is 13.2. The standard InChI is InChI=1S/C20H34N4O3/c1-5-24(6-2)19(25)18-10-8-17(9-11-18)16-23-20(21-3)22-12-7-13-27-15-14-26-4/h8-11H,5-7,12-16H2,1-4H3,(H2,21,22,23). The fourth-order valence-corrected chi connectivity index (χ4v) is 2.49. The number of aliphatic imine (C=N–C) groups is 1. The molecule has 0 atom stereocenters. The number of nitrogens with one attached hydrogen (secondary N) is 2. The molecule has 0 aromatic heterocycles. The van der Waals surface area contributed by atoms with E-state index in [4.69, 9.17) is 9.47 Å². The van der Waals surface area contributed by atoms with Crippen molar-refractivity contribution < 1.29 is 14.3 Å². The van der Waals surface area contributed by atoms with Crippen LogP contribution in [0.3, 0.4) is 0 Å². The van der Waals surface area contributed by atoms with Gasteiger partial charge in [0.05, 0.1) is 13.2 Å². The third-order valence-electron chi connectivity index (χ3n) is 4.12. The summed E-state index contributed by atoms with van der Waals surface area (Å²) in [4.78, 5) is 18.4. The molecule has 0 radical (unpaired) electrons. The Morgan fingerprint density at radius 2 is 1.78 bits per heavy atom. The van der Waals surface area contributed by atoms with E-state index < -0.39 is 0 Å². The second kappa shape index (κ2) is 14.0. The van der Waals surface area contributed by atoms with Gasteiger partial charge in [0.15, 0.2) is 5.96 Å². The van der Waals surface area contributed by atoms with Crippen LogP contribution in [0.5, 0.6) is 0 Å². The zero-order valence-electron chi connectivity index (χ0n) is 17.1. The summed E-state index contributed by atoms with van der Waals surface area (Å²) in [6.45, 7) is 8.78. The number of methoxy groups -OCH3 is 1. The van der Waals surface area contributed by atoms with Crippen molar-refractivity contribution >= 4 is 11.9 Å². The minimum Gasteiger partial charge on any atom is -0.382 e. The van der Waals surface area contributed by atoms with Gasteiger partial charge >= 0.3 is 0 Å². The van der Waals surface area contributed by atoms with E-state index in [1.165, 1.54) is 0 Å².